The van der Waals surface area contributed by atoms with Gasteiger partial charge in [-0.05, 0) is 92.6 Å². The van der Waals surface area contributed by atoms with Crippen molar-refractivity contribution >= 4 is 0 Å². The maximum absolute atomic E-state index is 3.88. The zero-order chi connectivity index (χ0) is 21.7. The summed E-state index contributed by atoms with van der Waals surface area (Å²) in [7, 11) is 0. The summed E-state index contributed by atoms with van der Waals surface area (Å²) in [6, 6.07) is 0. The molecule has 2 heterocycles. The molecule has 30 heavy (non-hydrogen) atoms. The lowest BCUT2D eigenvalue weighted by Gasteiger charge is -2.45. The second-order valence-electron chi connectivity index (χ2n) is 13.5. The third-order valence-electron chi connectivity index (χ3n) is 8.11. The molecule has 3 fully saturated rings. The first-order valence-corrected chi connectivity index (χ1v) is 12.1. The van der Waals surface area contributed by atoms with Crippen LogP contribution in [-0.2, 0) is 0 Å². The van der Waals surface area contributed by atoms with Gasteiger partial charge in [0.1, 0.15) is 0 Å². The van der Waals surface area contributed by atoms with Crippen molar-refractivity contribution in [1.29, 1.82) is 0 Å². The van der Waals surface area contributed by atoms with Gasteiger partial charge in [-0.2, -0.15) is 0 Å². The predicted molar refractivity (Wildman–Crippen MR) is 127 cm³/mol. The maximum Gasteiger partial charge on any atom is 0.0167 e. The van der Waals surface area contributed by atoms with E-state index in [1.807, 2.05) is 0 Å². The van der Waals surface area contributed by atoms with Gasteiger partial charge >= 0.3 is 0 Å². The molecule has 5 aliphatic rings. The van der Waals surface area contributed by atoms with E-state index in [1.54, 1.807) is 22.3 Å². The van der Waals surface area contributed by atoms with Gasteiger partial charge in [-0.1, -0.05) is 41.0 Å². The number of piperidine rings is 2. The molecule has 2 N–H and O–H groups in total. The second-order valence-corrected chi connectivity index (χ2v) is 13.5. The van der Waals surface area contributed by atoms with Crippen molar-refractivity contribution in [3.05, 3.63) is 46.6 Å². The van der Waals surface area contributed by atoms with Crippen LogP contribution in [0.4, 0.5) is 0 Å². The Morgan fingerprint density at radius 1 is 0.633 bits per heavy atom. The van der Waals surface area contributed by atoms with Gasteiger partial charge in [0.05, 0.1) is 0 Å². The summed E-state index contributed by atoms with van der Waals surface area (Å²) in [6.07, 6.45) is 14.9. The van der Waals surface area contributed by atoms with Crippen molar-refractivity contribution in [2.75, 3.05) is 0 Å². The van der Waals surface area contributed by atoms with Gasteiger partial charge in [-0.25, -0.2) is 0 Å². The first kappa shape index (κ1) is 20.8. The average molecular weight is 407 g/mol. The van der Waals surface area contributed by atoms with Crippen LogP contribution < -0.4 is 10.6 Å². The standard InChI is InChI=1S/C28H42N2/c1-25(2)13-17(14-26(3,4)29-25)19-9-10-21-20-11-12-22(24(19)21)23(20)18-15-27(5,6)30-28(7,8)16-18/h9-12,20-22,24,29-30H,13-16H2,1-8H3/t20-,21-,22+,24-/m0/s1. The molecule has 0 unspecified atom stereocenters. The van der Waals surface area contributed by atoms with Crippen LogP contribution in [0, 0.1) is 23.7 Å². The zero-order valence-electron chi connectivity index (χ0n) is 20.4. The van der Waals surface area contributed by atoms with Gasteiger partial charge in [0.25, 0.3) is 0 Å². The van der Waals surface area contributed by atoms with Gasteiger partial charge in [0, 0.05) is 39.9 Å². The lowest BCUT2D eigenvalue weighted by Crippen LogP contribution is -2.56. The molecule has 0 spiro atoms. The third-order valence-corrected chi connectivity index (χ3v) is 8.11. The van der Waals surface area contributed by atoms with Crippen molar-refractivity contribution in [2.24, 2.45) is 23.7 Å². The van der Waals surface area contributed by atoms with E-state index in [2.05, 4.69) is 90.3 Å². The summed E-state index contributed by atoms with van der Waals surface area (Å²) in [6.45, 7) is 19.0. The number of rotatable bonds is 0. The number of hydrogen-bond acceptors (Lipinski definition) is 2. The topological polar surface area (TPSA) is 24.1 Å². The monoisotopic (exact) mass is 406 g/mol. The SMILES string of the molecule is CC1(C)CC(=C2C=C[C@@H]3[C@H]2[C@@H]2C=C[C@@H]3C2=C2CC(C)(C)NC(C)(C)C2)CC(C)(C)N1. The lowest BCUT2D eigenvalue weighted by molar-refractivity contribution is 0.219. The normalized spacial score (nSPS) is 39.7. The fourth-order valence-electron chi connectivity index (χ4n) is 8.25. The second kappa shape index (κ2) is 6.23. The van der Waals surface area contributed by atoms with Gasteiger partial charge in [0.15, 0.2) is 0 Å². The molecule has 0 aromatic carbocycles. The average Bonchev–Trinajstić information content (AvgIpc) is 3.19. The Morgan fingerprint density at radius 3 is 1.63 bits per heavy atom. The van der Waals surface area contributed by atoms with Crippen molar-refractivity contribution in [1.82, 2.24) is 10.6 Å². The molecule has 164 valence electrons. The lowest BCUT2D eigenvalue weighted by atomic mass is 9.73. The molecule has 3 aliphatic carbocycles. The van der Waals surface area contributed by atoms with Gasteiger partial charge in [0.2, 0.25) is 0 Å². The Hall–Kier alpha value is -1.12. The highest BCUT2D eigenvalue weighted by atomic mass is 15.1. The first-order chi connectivity index (χ1) is 13.8. The van der Waals surface area contributed by atoms with Gasteiger partial charge in [-0.3, -0.25) is 0 Å². The molecule has 2 heteroatoms. The highest BCUT2D eigenvalue weighted by molar-refractivity contribution is 5.51. The smallest absolute Gasteiger partial charge is 0.0167 e. The number of fused-ring (bicyclic) bond motifs is 5. The Balaban J connectivity index is 1.54. The molecule has 2 bridgehead atoms. The first-order valence-electron chi connectivity index (χ1n) is 12.1. The molecule has 4 atom stereocenters. The summed E-state index contributed by atoms with van der Waals surface area (Å²) in [5.41, 5.74) is 7.66. The van der Waals surface area contributed by atoms with Crippen LogP contribution in [-0.4, -0.2) is 22.2 Å². The van der Waals surface area contributed by atoms with Crippen LogP contribution in [0.5, 0.6) is 0 Å². The highest BCUT2D eigenvalue weighted by Crippen LogP contribution is 2.61. The van der Waals surface area contributed by atoms with Gasteiger partial charge < -0.3 is 10.6 Å². The molecular formula is C28H42N2. The van der Waals surface area contributed by atoms with Crippen LogP contribution in [0.2, 0.25) is 0 Å². The number of allylic oxidation sites excluding steroid dienone is 6. The fraction of sp³-hybridized carbons (Fsp3) is 0.714. The fourth-order valence-corrected chi connectivity index (χ4v) is 8.25. The maximum atomic E-state index is 3.88. The minimum atomic E-state index is 0.174. The largest absolute Gasteiger partial charge is 0.306 e. The molecule has 2 aliphatic heterocycles. The Bertz CT molecular complexity index is 854. The molecule has 2 saturated heterocycles. The third kappa shape index (κ3) is 3.39. The Labute approximate surface area is 184 Å². The quantitative estimate of drug-likeness (QED) is 0.476. The van der Waals surface area contributed by atoms with E-state index < -0.39 is 0 Å². The summed E-state index contributed by atoms with van der Waals surface area (Å²) in [4.78, 5) is 0. The number of hydrogen-bond donors (Lipinski definition) is 2. The Kier molecular flexibility index (Phi) is 4.31. The summed E-state index contributed by atoms with van der Waals surface area (Å²) in [5, 5.41) is 7.75. The van der Waals surface area contributed by atoms with E-state index in [9.17, 15) is 0 Å². The molecule has 0 radical (unpaired) electrons. The number of nitrogens with one attached hydrogen (secondary N) is 2. The van der Waals surface area contributed by atoms with E-state index in [4.69, 9.17) is 0 Å². The Morgan fingerprint density at radius 2 is 1.10 bits per heavy atom. The zero-order valence-corrected chi connectivity index (χ0v) is 20.4. The van der Waals surface area contributed by atoms with Crippen molar-refractivity contribution in [2.45, 2.75) is 103 Å². The molecular weight excluding hydrogens is 364 g/mol. The van der Waals surface area contributed by atoms with Crippen molar-refractivity contribution in [3.8, 4) is 0 Å². The van der Waals surface area contributed by atoms with Gasteiger partial charge in [-0.15, -0.1) is 0 Å². The van der Waals surface area contributed by atoms with Crippen molar-refractivity contribution in [3.63, 3.8) is 0 Å². The minimum Gasteiger partial charge on any atom is -0.306 e. The van der Waals surface area contributed by atoms with Crippen LogP contribution in [0.1, 0.15) is 81.1 Å². The predicted octanol–water partition coefficient (Wildman–Crippen LogP) is 6.08. The van der Waals surface area contributed by atoms with Crippen LogP contribution in [0.25, 0.3) is 0 Å². The molecule has 5 rings (SSSR count). The van der Waals surface area contributed by atoms with Crippen molar-refractivity contribution < 1.29 is 0 Å². The van der Waals surface area contributed by atoms with E-state index in [-0.39, 0.29) is 22.2 Å². The summed E-state index contributed by atoms with van der Waals surface area (Å²) >= 11 is 0. The van der Waals surface area contributed by atoms with Crippen LogP contribution in [0.15, 0.2) is 46.6 Å². The van der Waals surface area contributed by atoms with Crippen LogP contribution in [0.3, 0.4) is 0 Å². The van der Waals surface area contributed by atoms with E-state index in [0.717, 1.165) is 0 Å². The van der Waals surface area contributed by atoms with E-state index in [0.29, 0.717) is 23.7 Å². The summed E-state index contributed by atoms with van der Waals surface area (Å²) < 4.78 is 0. The van der Waals surface area contributed by atoms with Crippen LogP contribution >= 0.6 is 0 Å². The van der Waals surface area contributed by atoms with E-state index >= 15 is 0 Å². The molecule has 0 aromatic rings. The summed E-state index contributed by atoms with van der Waals surface area (Å²) in [5.74, 6) is 2.63. The van der Waals surface area contributed by atoms with E-state index in [1.165, 1.54) is 25.7 Å². The molecule has 0 aromatic heterocycles. The highest BCUT2D eigenvalue weighted by Gasteiger charge is 2.53. The minimum absolute atomic E-state index is 0.174. The molecule has 2 nitrogen and oxygen atoms in total. The molecule has 0 amide bonds. The molecule has 1 saturated carbocycles.